The summed E-state index contributed by atoms with van der Waals surface area (Å²) in [5.74, 6) is 0.0387. The van der Waals surface area contributed by atoms with Crippen LogP contribution in [0.25, 0.3) is 0 Å². The number of amides is 1. The first-order chi connectivity index (χ1) is 7.31. The van der Waals surface area contributed by atoms with Gasteiger partial charge in [-0.05, 0) is 25.7 Å². The second-order valence-electron chi connectivity index (χ2n) is 4.73. The molecule has 1 saturated carbocycles. The van der Waals surface area contributed by atoms with Gasteiger partial charge in [0.2, 0.25) is 5.91 Å². The topological polar surface area (TPSA) is 89.3 Å². The molecule has 0 unspecified atom stereocenters. The summed E-state index contributed by atoms with van der Waals surface area (Å²) in [6.45, 7) is 0.405. The van der Waals surface area contributed by atoms with Crippen molar-refractivity contribution in [3.63, 3.8) is 0 Å². The molecule has 0 aromatic heterocycles. The monoisotopic (exact) mass is 248 g/mol. The second-order valence-corrected chi connectivity index (χ2v) is 6.99. The molecule has 94 valence electrons. The van der Waals surface area contributed by atoms with E-state index in [4.69, 9.17) is 5.73 Å². The standard InChI is InChI=1S/C10H20N2O3S/c1-16(14,15)7-3-6-12-9(13)8-10(11)4-2-5-10/h2-8,11H2,1H3,(H,12,13). The van der Waals surface area contributed by atoms with Crippen molar-refractivity contribution in [2.24, 2.45) is 5.73 Å². The molecule has 16 heavy (non-hydrogen) atoms. The van der Waals surface area contributed by atoms with Crippen molar-refractivity contribution in [2.45, 2.75) is 37.6 Å². The van der Waals surface area contributed by atoms with Crippen molar-refractivity contribution >= 4 is 15.7 Å². The van der Waals surface area contributed by atoms with E-state index in [1.54, 1.807) is 0 Å². The first kappa shape index (κ1) is 13.4. The van der Waals surface area contributed by atoms with Crippen LogP contribution in [-0.2, 0) is 14.6 Å². The van der Waals surface area contributed by atoms with Gasteiger partial charge in [-0.25, -0.2) is 8.42 Å². The van der Waals surface area contributed by atoms with Gasteiger partial charge >= 0.3 is 0 Å². The van der Waals surface area contributed by atoms with E-state index < -0.39 is 9.84 Å². The molecule has 1 aliphatic carbocycles. The number of hydrogen-bond donors (Lipinski definition) is 2. The van der Waals surface area contributed by atoms with Crippen molar-refractivity contribution in [1.29, 1.82) is 0 Å². The quantitative estimate of drug-likeness (QED) is 0.638. The number of sulfone groups is 1. The van der Waals surface area contributed by atoms with Crippen molar-refractivity contribution in [3.8, 4) is 0 Å². The van der Waals surface area contributed by atoms with E-state index in [-0.39, 0.29) is 17.2 Å². The molecule has 0 aromatic rings. The lowest BCUT2D eigenvalue weighted by Crippen LogP contribution is -2.50. The van der Waals surface area contributed by atoms with Gasteiger partial charge in [-0.3, -0.25) is 4.79 Å². The maximum atomic E-state index is 11.4. The van der Waals surface area contributed by atoms with Crippen LogP contribution in [0.5, 0.6) is 0 Å². The molecule has 0 aliphatic heterocycles. The van der Waals surface area contributed by atoms with Gasteiger partial charge in [0.15, 0.2) is 0 Å². The summed E-state index contributed by atoms with van der Waals surface area (Å²) in [5, 5.41) is 2.70. The number of carbonyl (C=O) groups is 1. The number of carbonyl (C=O) groups excluding carboxylic acids is 1. The maximum Gasteiger partial charge on any atom is 0.221 e. The Labute approximate surface area is 96.7 Å². The molecule has 3 N–H and O–H groups in total. The lowest BCUT2D eigenvalue weighted by atomic mass is 9.75. The summed E-state index contributed by atoms with van der Waals surface area (Å²) in [6, 6.07) is 0. The minimum absolute atomic E-state index is 0.0734. The smallest absolute Gasteiger partial charge is 0.221 e. The van der Waals surface area contributed by atoms with Gasteiger partial charge in [0, 0.05) is 24.8 Å². The van der Waals surface area contributed by atoms with Crippen LogP contribution in [0, 0.1) is 0 Å². The highest BCUT2D eigenvalue weighted by molar-refractivity contribution is 7.90. The highest BCUT2D eigenvalue weighted by Gasteiger charge is 2.34. The molecule has 0 spiro atoms. The molecule has 0 bridgehead atoms. The lowest BCUT2D eigenvalue weighted by Gasteiger charge is -2.37. The number of nitrogens with two attached hydrogens (primary N) is 1. The average Bonchev–Trinajstić information content (AvgIpc) is 2.08. The van der Waals surface area contributed by atoms with Crippen LogP contribution in [0.15, 0.2) is 0 Å². The highest BCUT2D eigenvalue weighted by atomic mass is 32.2. The summed E-state index contributed by atoms with van der Waals surface area (Å²) in [4.78, 5) is 11.4. The lowest BCUT2D eigenvalue weighted by molar-refractivity contribution is -0.122. The van der Waals surface area contributed by atoms with Crippen LogP contribution in [0.3, 0.4) is 0 Å². The fourth-order valence-corrected chi connectivity index (χ4v) is 2.42. The van der Waals surface area contributed by atoms with Crippen LogP contribution in [0.4, 0.5) is 0 Å². The van der Waals surface area contributed by atoms with Gasteiger partial charge in [0.25, 0.3) is 0 Å². The Morgan fingerprint density at radius 3 is 2.50 bits per heavy atom. The Morgan fingerprint density at radius 1 is 1.44 bits per heavy atom. The first-order valence-corrected chi connectivity index (χ1v) is 7.60. The van der Waals surface area contributed by atoms with E-state index >= 15 is 0 Å². The van der Waals surface area contributed by atoms with E-state index in [9.17, 15) is 13.2 Å². The molecule has 1 amide bonds. The second kappa shape index (κ2) is 5.14. The molecular formula is C10H20N2O3S. The summed E-state index contributed by atoms with van der Waals surface area (Å²) >= 11 is 0. The van der Waals surface area contributed by atoms with Gasteiger partial charge in [-0.2, -0.15) is 0 Å². The van der Waals surface area contributed by atoms with E-state index in [0.717, 1.165) is 19.3 Å². The predicted octanol–water partition coefficient (Wildman–Crippen LogP) is -0.191. The Morgan fingerprint density at radius 2 is 2.06 bits per heavy atom. The molecule has 1 rings (SSSR count). The summed E-state index contributed by atoms with van der Waals surface area (Å²) in [6.07, 6.45) is 4.91. The molecule has 0 radical (unpaired) electrons. The van der Waals surface area contributed by atoms with Gasteiger partial charge < -0.3 is 11.1 Å². The van der Waals surface area contributed by atoms with Crippen LogP contribution in [0.2, 0.25) is 0 Å². The predicted molar refractivity (Wildman–Crippen MR) is 62.7 cm³/mol. The molecule has 0 atom stereocenters. The summed E-state index contributed by atoms with van der Waals surface area (Å²) < 4.78 is 21.7. The average molecular weight is 248 g/mol. The van der Waals surface area contributed by atoms with Gasteiger partial charge in [-0.15, -0.1) is 0 Å². The van der Waals surface area contributed by atoms with Gasteiger partial charge in [0.05, 0.1) is 5.75 Å². The number of nitrogens with one attached hydrogen (secondary N) is 1. The molecule has 5 nitrogen and oxygen atoms in total. The zero-order valence-corrected chi connectivity index (χ0v) is 10.5. The van der Waals surface area contributed by atoms with Crippen LogP contribution >= 0.6 is 0 Å². The molecule has 0 saturated heterocycles. The van der Waals surface area contributed by atoms with Crippen molar-refractivity contribution in [1.82, 2.24) is 5.32 Å². The zero-order valence-electron chi connectivity index (χ0n) is 9.66. The normalized spacial score (nSPS) is 18.9. The molecule has 0 aromatic carbocycles. The Bertz CT molecular complexity index is 347. The molecule has 0 heterocycles. The minimum Gasteiger partial charge on any atom is -0.356 e. The fourth-order valence-electron chi connectivity index (χ4n) is 1.75. The Balaban J connectivity index is 2.11. The number of rotatable bonds is 6. The largest absolute Gasteiger partial charge is 0.356 e. The van der Waals surface area contributed by atoms with Gasteiger partial charge in [-0.1, -0.05) is 0 Å². The van der Waals surface area contributed by atoms with Crippen molar-refractivity contribution < 1.29 is 13.2 Å². The Hall–Kier alpha value is -0.620. The summed E-state index contributed by atoms with van der Waals surface area (Å²) in [5.41, 5.74) is 5.62. The molecule has 1 aliphatic rings. The van der Waals surface area contributed by atoms with Crippen molar-refractivity contribution in [3.05, 3.63) is 0 Å². The third-order valence-electron chi connectivity index (χ3n) is 2.88. The Kier molecular flexibility index (Phi) is 4.32. The third-order valence-corrected chi connectivity index (χ3v) is 3.91. The SMILES string of the molecule is CS(=O)(=O)CCCNC(=O)CC1(N)CCC1. The van der Waals surface area contributed by atoms with E-state index in [2.05, 4.69) is 5.32 Å². The van der Waals surface area contributed by atoms with E-state index in [1.165, 1.54) is 6.26 Å². The number of hydrogen-bond acceptors (Lipinski definition) is 4. The van der Waals surface area contributed by atoms with Gasteiger partial charge in [0.1, 0.15) is 9.84 Å². The maximum absolute atomic E-state index is 11.4. The van der Waals surface area contributed by atoms with Crippen LogP contribution in [-0.4, -0.2) is 38.4 Å². The van der Waals surface area contributed by atoms with E-state index in [1.807, 2.05) is 0 Å². The van der Waals surface area contributed by atoms with Crippen LogP contribution in [0.1, 0.15) is 32.1 Å². The van der Waals surface area contributed by atoms with Crippen LogP contribution < -0.4 is 11.1 Å². The summed E-state index contributed by atoms with van der Waals surface area (Å²) in [7, 11) is -2.93. The first-order valence-electron chi connectivity index (χ1n) is 5.54. The molecule has 1 fully saturated rings. The minimum atomic E-state index is -2.93. The zero-order chi connectivity index (χ0) is 12.2. The highest BCUT2D eigenvalue weighted by Crippen LogP contribution is 2.31. The third kappa shape index (κ3) is 4.94. The fraction of sp³-hybridized carbons (Fsp3) is 0.900. The van der Waals surface area contributed by atoms with Crippen molar-refractivity contribution in [2.75, 3.05) is 18.6 Å². The van der Waals surface area contributed by atoms with E-state index in [0.29, 0.717) is 19.4 Å². The molecule has 6 heteroatoms. The molecular weight excluding hydrogens is 228 g/mol.